The van der Waals surface area contributed by atoms with E-state index in [1.165, 1.54) is 0 Å². The Bertz CT molecular complexity index is 476. The molecule has 0 saturated heterocycles. The first-order valence-corrected chi connectivity index (χ1v) is 5.70. The summed E-state index contributed by atoms with van der Waals surface area (Å²) in [6, 6.07) is 2.31. The molecule has 0 amide bonds. The molecule has 0 aliphatic carbocycles. The lowest BCUT2D eigenvalue weighted by Gasteiger charge is -2.13. The van der Waals surface area contributed by atoms with Gasteiger partial charge in [-0.3, -0.25) is 4.79 Å². The van der Waals surface area contributed by atoms with E-state index in [2.05, 4.69) is 9.47 Å². The van der Waals surface area contributed by atoms with Crippen molar-refractivity contribution in [3.8, 4) is 11.5 Å². The fourth-order valence-electron chi connectivity index (χ4n) is 1.34. The largest absolute Gasteiger partial charge is 0.573 e. The van der Waals surface area contributed by atoms with Crippen LogP contribution in [0.2, 0.25) is 0 Å². The number of ketones is 1. The van der Waals surface area contributed by atoms with Crippen LogP contribution in [-0.4, -0.2) is 24.6 Å². The van der Waals surface area contributed by atoms with Crippen molar-refractivity contribution in [2.24, 2.45) is 0 Å². The molecule has 20 heavy (non-hydrogen) atoms. The lowest BCUT2D eigenvalue weighted by atomic mass is 10.1. The van der Waals surface area contributed by atoms with Crippen LogP contribution < -0.4 is 9.47 Å². The molecule has 0 saturated carbocycles. The summed E-state index contributed by atoms with van der Waals surface area (Å²) in [6.07, 6.45) is -5.15. The smallest absolute Gasteiger partial charge is 0.434 e. The van der Waals surface area contributed by atoms with Crippen molar-refractivity contribution in [3.05, 3.63) is 23.8 Å². The second kappa shape index (κ2) is 6.74. The highest BCUT2D eigenvalue weighted by Gasteiger charge is 2.31. The third kappa shape index (κ3) is 5.20. The summed E-state index contributed by atoms with van der Waals surface area (Å²) in [7, 11) is 0. The number of halogens is 6. The van der Waals surface area contributed by atoms with Crippen molar-refractivity contribution in [2.75, 3.05) is 5.88 Å². The van der Waals surface area contributed by atoms with Gasteiger partial charge in [-0.2, -0.15) is 8.78 Å². The Hall–Kier alpha value is -1.57. The predicted octanol–water partition coefficient (Wildman–Crippen LogP) is 4.00. The van der Waals surface area contributed by atoms with Gasteiger partial charge < -0.3 is 9.47 Å². The first-order chi connectivity index (χ1) is 9.23. The standard InChI is InChI=1S/C11H8ClF5O3/c12-4-3-8(18)7-2-1-6(20-11(15,16)17)5-9(7)19-10(13)14/h1-2,5,10H,3-4H2. The highest BCUT2D eigenvalue weighted by Crippen LogP contribution is 2.30. The zero-order valence-corrected chi connectivity index (χ0v) is 10.5. The summed E-state index contributed by atoms with van der Waals surface area (Å²) in [5.74, 6) is -2.16. The molecule has 1 rings (SSSR count). The Morgan fingerprint density at radius 2 is 1.95 bits per heavy atom. The summed E-state index contributed by atoms with van der Waals surface area (Å²) < 4.78 is 68.0. The molecule has 1 aromatic carbocycles. The van der Waals surface area contributed by atoms with Gasteiger partial charge in [-0.05, 0) is 12.1 Å². The van der Waals surface area contributed by atoms with Crippen molar-refractivity contribution in [1.82, 2.24) is 0 Å². The molecule has 3 nitrogen and oxygen atoms in total. The number of carbonyl (C=O) groups is 1. The average molecular weight is 319 g/mol. The molecule has 112 valence electrons. The van der Waals surface area contributed by atoms with Crippen molar-refractivity contribution < 1.29 is 36.2 Å². The molecular weight excluding hydrogens is 311 g/mol. The second-order valence-corrected chi connectivity index (χ2v) is 3.82. The summed E-state index contributed by atoms with van der Waals surface area (Å²) in [4.78, 5) is 11.6. The molecule has 0 aromatic heterocycles. The molecule has 0 aliphatic rings. The fraction of sp³-hybridized carbons (Fsp3) is 0.364. The van der Waals surface area contributed by atoms with E-state index in [0.29, 0.717) is 6.07 Å². The van der Waals surface area contributed by atoms with Gasteiger partial charge in [-0.1, -0.05) is 0 Å². The maximum Gasteiger partial charge on any atom is 0.573 e. The van der Waals surface area contributed by atoms with E-state index in [1.54, 1.807) is 0 Å². The van der Waals surface area contributed by atoms with E-state index in [-0.39, 0.29) is 17.9 Å². The van der Waals surface area contributed by atoms with Gasteiger partial charge in [0.25, 0.3) is 0 Å². The summed E-state index contributed by atoms with van der Waals surface area (Å²) >= 11 is 5.34. The molecule has 0 radical (unpaired) electrons. The second-order valence-electron chi connectivity index (χ2n) is 3.45. The van der Waals surface area contributed by atoms with Gasteiger partial charge in [0.05, 0.1) is 5.56 Å². The minimum Gasteiger partial charge on any atom is -0.434 e. The third-order valence-electron chi connectivity index (χ3n) is 2.02. The third-order valence-corrected chi connectivity index (χ3v) is 2.21. The quantitative estimate of drug-likeness (QED) is 0.452. The SMILES string of the molecule is O=C(CCCl)c1ccc(OC(F)(F)F)cc1OC(F)F. The van der Waals surface area contributed by atoms with Gasteiger partial charge in [0.15, 0.2) is 5.78 Å². The highest BCUT2D eigenvalue weighted by atomic mass is 35.5. The molecular formula is C11H8ClF5O3. The van der Waals surface area contributed by atoms with E-state index in [9.17, 15) is 26.7 Å². The summed E-state index contributed by atoms with van der Waals surface area (Å²) in [6.45, 7) is -3.29. The predicted molar refractivity (Wildman–Crippen MR) is 59.4 cm³/mol. The Morgan fingerprint density at radius 3 is 2.45 bits per heavy atom. The number of carbonyl (C=O) groups excluding carboxylic acids is 1. The molecule has 0 heterocycles. The molecule has 0 spiro atoms. The van der Waals surface area contributed by atoms with E-state index in [1.807, 2.05) is 0 Å². The van der Waals surface area contributed by atoms with Crippen LogP contribution in [0.1, 0.15) is 16.8 Å². The average Bonchev–Trinajstić information content (AvgIpc) is 2.26. The minimum absolute atomic E-state index is 0.0618. The maximum atomic E-state index is 12.2. The van der Waals surface area contributed by atoms with Crippen LogP contribution in [0, 0.1) is 0 Å². The molecule has 0 unspecified atom stereocenters. The first kappa shape index (κ1) is 16.5. The van der Waals surface area contributed by atoms with Gasteiger partial charge in [0.1, 0.15) is 11.5 Å². The number of alkyl halides is 6. The molecule has 1 aromatic rings. The molecule has 0 atom stereocenters. The van der Waals surface area contributed by atoms with Gasteiger partial charge in [0.2, 0.25) is 0 Å². The number of ether oxygens (including phenoxy) is 2. The maximum absolute atomic E-state index is 12.2. The van der Waals surface area contributed by atoms with Gasteiger partial charge >= 0.3 is 13.0 Å². The Kier molecular flexibility index (Phi) is 5.55. The monoisotopic (exact) mass is 318 g/mol. The lowest BCUT2D eigenvalue weighted by molar-refractivity contribution is -0.274. The Morgan fingerprint density at radius 1 is 1.30 bits per heavy atom. The highest BCUT2D eigenvalue weighted by molar-refractivity contribution is 6.19. The van der Waals surface area contributed by atoms with Gasteiger partial charge in [0, 0.05) is 18.4 Å². The topological polar surface area (TPSA) is 35.5 Å². The van der Waals surface area contributed by atoms with E-state index < -0.39 is 30.3 Å². The minimum atomic E-state index is -4.98. The van der Waals surface area contributed by atoms with Crippen LogP contribution in [0.15, 0.2) is 18.2 Å². The molecule has 0 fully saturated rings. The number of benzene rings is 1. The van der Waals surface area contributed by atoms with Crippen molar-refractivity contribution in [3.63, 3.8) is 0 Å². The van der Waals surface area contributed by atoms with Crippen LogP contribution >= 0.6 is 11.6 Å². The van der Waals surface area contributed by atoms with Crippen LogP contribution in [0.5, 0.6) is 11.5 Å². The molecule has 9 heteroatoms. The fourth-order valence-corrected chi connectivity index (χ4v) is 1.52. The zero-order chi connectivity index (χ0) is 15.3. The first-order valence-electron chi connectivity index (χ1n) is 5.16. The Labute approximate surface area is 115 Å². The number of rotatable bonds is 6. The van der Waals surface area contributed by atoms with Crippen LogP contribution in [0.4, 0.5) is 22.0 Å². The number of Topliss-reactive ketones (excluding diaryl/α,β-unsaturated/α-hetero) is 1. The summed E-state index contributed by atoms with van der Waals surface area (Å²) in [5.41, 5.74) is -0.291. The van der Waals surface area contributed by atoms with Crippen LogP contribution in [0.25, 0.3) is 0 Å². The molecule has 0 aliphatic heterocycles. The molecule has 0 N–H and O–H groups in total. The van der Waals surface area contributed by atoms with Crippen molar-refractivity contribution in [1.29, 1.82) is 0 Å². The van der Waals surface area contributed by atoms with Crippen LogP contribution in [0.3, 0.4) is 0 Å². The van der Waals surface area contributed by atoms with Crippen molar-refractivity contribution in [2.45, 2.75) is 19.4 Å². The Balaban J connectivity index is 3.09. The number of hydrogen-bond donors (Lipinski definition) is 0. The normalized spacial score (nSPS) is 11.6. The zero-order valence-electron chi connectivity index (χ0n) is 9.72. The van der Waals surface area contributed by atoms with Crippen LogP contribution in [-0.2, 0) is 0 Å². The van der Waals surface area contributed by atoms with E-state index >= 15 is 0 Å². The van der Waals surface area contributed by atoms with Gasteiger partial charge in [-0.15, -0.1) is 24.8 Å². The molecule has 0 bridgehead atoms. The van der Waals surface area contributed by atoms with Gasteiger partial charge in [-0.25, -0.2) is 0 Å². The van der Waals surface area contributed by atoms with E-state index in [4.69, 9.17) is 11.6 Å². The van der Waals surface area contributed by atoms with E-state index in [0.717, 1.165) is 12.1 Å². The summed E-state index contributed by atoms with van der Waals surface area (Å²) in [5, 5.41) is 0. The number of hydrogen-bond acceptors (Lipinski definition) is 3. The lowest BCUT2D eigenvalue weighted by Crippen LogP contribution is -2.17. The van der Waals surface area contributed by atoms with Crippen molar-refractivity contribution >= 4 is 17.4 Å².